The quantitative estimate of drug-likeness (QED) is 0.565. The van der Waals surface area contributed by atoms with Gasteiger partial charge in [-0.25, -0.2) is 8.78 Å². The summed E-state index contributed by atoms with van der Waals surface area (Å²) in [6.07, 6.45) is 0.960. The van der Waals surface area contributed by atoms with Crippen LogP contribution in [0.25, 0.3) is 0 Å². The van der Waals surface area contributed by atoms with Gasteiger partial charge in [0, 0.05) is 18.7 Å². The molecule has 1 aliphatic heterocycles. The highest BCUT2D eigenvalue weighted by molar-refractivity contribution is 6.21. The molecule has 7 nitrogen and oxygen atoms in total. The van der Waals surface area contributed by atoms with E-state index in [1.165, 1.54) is 0 Å². The average molecular weight is 457 g/mol. The van der Waals surface area contributed by atoms with Crippen molar-refractivity contribution in [2.75, 3.05) is 6.54 Å². The molecule has 0 bridgehead atoms. The Morgan fingerprint density at radius 1 is 1.00 bits per heavy atom. The molecule has 4 amide bonds. The Morgan fingerprint density at radius 3 is 2.12 bits per heavy atom. The zero-order chi connectivity index (χ0) is 24.1. The Hall–Kier alpha value is -3.46. The van der Waals surface area contributed by atoms with Gasteiger partial charge in [-0.3, -0.25) is 29.4 Å². The summed E-state index contributed by atoms with van der Waals surface area (Å²) in [6, 6.07) is 8.14. The molecular formula is C24H25F2N3O4. The van der Waals surface area contributed by atoms with E-state index in [1.807, 2.05) is 6.92 Å². The Bertz CT molecular complexity index is 1030. The molecule has 2 aromatic carbocycles. The standard InChI is InChI=1S/C24H25F2N3O4/c1-3-6-18(13-29-23(32)19-7-4-5-8-20(19)24(29)33)27-14(2)22(31)28-21(30)11-15-9-16(25)12-17(26)10-15/h4-5,7-10,12,14,18,27H,3,6,11,13H2,1-2H3,(H,28,30,31)/t14-,18?/m0/s1. The SMILES string of the molecule is CCCC(CN1C(=O)c2ccccc2C1=O)N[C@@H](C)C(=O)NC(=O)Cc1cc(F)cc(F)c1. The van der Waals surface area contributed by atoms with Crippen molar-refractivity contribution in [3.63, 3.8) is 0 Å². The fraction of sp³-hybridized carbons (Fsp3) is 0.333. The van der Waals surface area contributed by atoms with E-state index in [2.05, 4.69) is 10.6 Å². The number of rotatable bonds is 9. The Morgan fingerprint density at radius 2 is 1.58 bits per heavy atom. The minimum atomic E-state index is -0.815. The van der Waals surface area contributed by atoms with Gasteiger partial charge < -0.3 is 5.32 Å². The average Bonchev–Trinajstić information content (AvgIpc) is 2.98. The maximum atomic E-state index is 13.3. The first-order chi connectivity index (χ1) is 15.7. The topological polar surface area (TPSA) is 95.6 Å². The summed E-state index contributed by atoms with van der Waals surface area (Å²) in [5, 5.41) is 5.28. The summed E-state index contributed by atoms with van der Waals surface area (Å²) < 4.78 is 26.6. The van der Waals surface area contributed by atoms with E-state index in [0.717, 1.165) is 23.5 Å². The molecule has 174 valence electrons. The van der Waals surface area contributed by atoms with E-state index in [9.17, 15) is 28.0 Å². The molecule has 0 saturated carbocycles. The Kier molecular flexibility index (Phi) is 7.65. The van der Waals surface area contributed by atoms with E-state index in [1.54, 1.807) is 31.2 Å². The van der Waals surface area contributed by atoms with Gasteiger partial charge in [-0.15, -0.1) is 0 Å². The number of fused-ring (bicyclic) bond motifs is 1. The van der Waals surface area contributed by atoms with E-state index in [0.29, 0.717) is 23.6 Å². The van der Waals surface area contributed by atoms with Crippen molar-refractivity contribution in [1.29, 1.82) is 0 Å². The maximum Gasteiger partial charge on any atom is 0.261 e. The third-order valence-electron chi connectivity index (χ3n) is 5.35. The molecule has 0 saturated heterocycles. The smallest absolute Gasteiger partial charge is 0.261 e. The summed E-state index contributed by atoms with van der Waals surface area (Å²) in [5.74, 6) is -3.71. The predicted molar refractivity (Wildman–Crippen MR) is 116 cm³/mol. The fourth-order valence-electron chi connectivity index (χ4n) is 3.82. The van der Waals surface area contributed by atoms with Crippen LogP contribution >= 0.6 is 0 Å². The molecule has 1 heterocycles. The second-order valence-electron chi connectivity index (χ2n) is 8.01. The molecule has 0 aromatic heterocycles. The minimum absolute atomic E-state index is 0.0777. The van der Waals surface area contributed by atoms with E-state index in [-0.39, 0.29) is 36.4 Å². The second kappa shape index (κ2) is 10.4. The summed E-state index contributed by atoms with van der Waals surface area (Å²) in [6.45, 7) is 3.56. The van der Waals surface area contributed by atoms with Gasteiger partial charge in [-0.1, -0.05) is 25.5 Å². The third-order valence-corrected chi connectivity index (χ3v) is 5.35. The van der Waals surface area contributed by atoms with Crippen LogP contribution < -0.4 is 10.6 Å². The van der Waals surface area contributed by atoms with Crippen LogP contribution in [0.4, 0.5) is 8.78 Å². The van der Waals surface area contributed by atoms with Gasteiger partial charge in [0.2, 0.25) is 11.8 Å². The van der Waals surface area contributed by atoms with Crippen LogP contribution in [0, 0.1) is 11.6 Å². The molecule has 0 spiro atoms. The second-order valence-corrected chi connectivity index (χ2v) is 8.01. The number of benzene rings is 2. The molecule has 1 unspecified atom stereocenters. The van der Waals surface area contributed by atoms with Crippen molar-refractivity contribution in [3.8, 4) is 0 Å². The molecule has 2 atom stereocenters. The van der Waals surface area contributed by atoms with Crippen molar-refractivity contribution in [2.45, 2.75) is 45.2 Å². The lowest BCUT2D eigenvalue weighted by Gasteiger charge is -2.26. The van der Waals surface area contributed by atoms with Crippen molar-refractivity contribution in [2.24, 2.45) is 0 Å². The van der Waals surface area contributed by atoms with Crippen LogP contribution in [0.3, 0.4) is 0 Å². The highest BCUT2D eigenvalue weighted by Crippen LogP contribution is 2.23. The monoisotopic (exact) mass is 457 g/mol. The first-order valence-corrected chi connectivity index (χ1v) is 10.7. The van der Waals surface area contributed by atoms with Crippen molar-refractivity contribution in [3.05, 3.63) is 70.8 Å². The first-order valence-electron chi connectivity index (χ1n) is 10.7. The number of hydrogen-bond acceptors (Lipinski definition) is 5. The molecule has 2 N–H and O–H groups in total. The van der Waals surface area contributed by atoms with E-state index < -0.39 is 29.5 Å². The van der Waals surface area contributed by atoms with Gasteiger partial charge in [0.25, 0.3) is 11.8 Å². The molecule has 0 aliphatic carbocycles. The fourth-order valence-corrected chi connectivity index (χ4v) is 3.82. The zero-order valence-electron chi connectivity index (χ0n) is 18.4. The van der Waals surface area contributed by atoms with Crippen LogP contribution in [-0.4, -0.2) is 47.2 Å². The zero-order valence-corrected chi connectivity index (χ0v) is 18.4. The van der Waals surface area contributed by atoms with Crippen LogP contribution in [0.15, 0.2) is 42.5 Å². The first kappa shape index (κ1) is 24.2. The summed E-state index contributed by atoms with van der Waals surface area (Å²) >= 11 is 0. The summed E-state index contributed by atoms with van der Waals surface area (Å²) in [5.41, 5.74) is 0.804. The van der Waals surface area contributed by atoms with Crippen molar-refractivity contribution < 1.29 is 28.0 Å². The van der Waals surface area contributed by atoms with Gasteiger partial charge in [-0.05, 0) is 43.2 Å². The molecule has 9 heteroatoms. The van der Waals surface area contributed by atoms with Gasteiger partial charge in [-0.2, -0.15) is 0 Å². The molecule has 0 radical (unpaired) electrons. The highest BCUT2D eigenvalue weighted by atomic mass is 19.1. The Labute approximate surface area is 190 Å². The molecular weight excluding hydrogens is 432 g/mol. The summed E-state index contributed by atoms with van der Waals surface area (Å²) in [4.78, 5) is 51.0. The molecule has 2 aromatic rings. The lowest BCUT2D eigenvalue weighted by atomic mass is 10.1. The van der Waals surface area contributed by atoms with Crippen LogP contribution in [0.5, 0.6) is 0 Å². The molecule has 0 fully saturated rings. The van der Waals surface area contributed by atoms with Gasteiger partial charge in [0.05, 0.1) is 23.6 Å². The molecule has 33 heavy (non-hydrogen) atoms. The number of halogens is 2. The van der Waals surface area contributed by atoms with Gasteiger partial charge in [0.1, 0.15) is 11.6 Å². The van der Waals surface area contributed by atoms with Crippen LogP contribution in [0.2, 0.25) is 0 Å². The van der Waals surface area contributed by atoms with Crippen molar-refractivity contribution >= 4 is 23.6 Å². The number of amides is 4. The predicted octanol–water partition coefficient (Wildman–Crippen LogP) is 2.59. The number of hydrogen-bond donors (Lipinski definition) is 2. The normalized spacial score (nSPS) is 14.7. The lowest BCUT2D eigenvalue weighted by molar-refractivity contribution is -0.131. The lowest BCUT2D eigenvalue weighted by Crippen LogP contribution is -2.52. The number of nitrogens with one attached hydrogen (secondary N) is 2. The van der Waals surface area contributed by atoms with E-state index >= 15 is 0 Å². The minimum Gasteiger partial charge on any atom is -0.301 e. The van der Waals surface area contributed by atoms with Crippen molar-refractivity contribution in [1.82, 2.24) is 15.5 Å². The summed E-state index contributed by atoms with van der Waals surface area (Å²) in [7, 11) is 0. The Balaban J connectivity index is 1.59. The largest absolute Gasteiger partial charge is 0.301 e. The maximum absolute atomic E-state index is 13.3. The van der Waals surface area contributed by atoms with Crippen LogP contribution in [0.1, 0.15) is 53.0 Å². The molecule has 3 rings (SSSR count). The third kappa shape index (κ3) is 5.87. The van der Waals surface area contributed by atoms with E-state index in [4.69, 9.17) is 0 Å². The number of carbonyl (C=O) groups excluding carboxylic acids is 4. The van der Waals surface area contributed by atoms with Gasteiger partial charge >= 0.3 is 0 Å². The van der Waals surface area contributed by atoms with Crippen LogP contribution in [-0.2, 0) is 16.0 Å². The number of nitrogens with zero attached hydrogens (tertiary/aromatic N) is 1. The number of imide groups is 2. The number of carbonyl (C=O) groups is 4. The molecule has 1 aliphatic rings. The highest BCUT2D eigenvalue weighted by Gasteiger charge is 2.36. The van der Waals surface area contributed by atoms with Gasteiger partial charge in [0.15, 0.2) is 0 Å².